The van der Waals surface area contributed by atoms with E-state index in [-0.39, 0.29) is 30.3 Å². The number of esters is 1. The molecule has 2 aliphatic rings. The Kier molecular flexibility index (Phi) is 5.85. The van der Waals surface area contributed by atoms with Crippen LogP contribution in [-0.2, 0) is 30.9 Å². The van der Waals surface area contributed by atoms with E-state index in [0.29, 0.717) is 5.02 Å². The highest BCUT2D eigenvalue weighted by atomic mass is 35.5. The van der Waals surface area contributed by atoms with Crippen LogP contribution >= 0.6 is 11.6 Å². The molecule has 28 heavy (non-hydrogen) atoms. The average molecular weight is 424 g/mol. The van der Waals surface area contributed by atoms with Gasteiger partial charge in [-0.2, -0.15) is 0 Å². The SMILES string of the molecule is CC(OC(=O)C1=CN2CCS(=O)(=O)N=C2C=C1)C(=O)NCc1ccccc1Cl. The lowest BCUT2D eigenvalue weighted by Gasteiger charge is -2.27. The Morgan fingerprint density at radius 3 is 2.82 bits per heavy atom. The van der Waals surface area contributed by atoms with Crippen molar-refractivity contribution in [1.82, 2.24) is 10.2 Å². The zero-order valence-corrected chi connectivity index (χ0v) is 16.5. The predicted molar refractivity (Wildman–Crippen MR) is 104 cm³/mol. The molecule has 148 valence electrons. The summed E-state index contributed by atoms with van der Waals surface area (Å²) >= 11 is 6.04. The Bertz CT molecular complexity index is 1000. The van der Waals surface area contributed by atoms with E-state index in [0.717, 1.165) is 5.56 Å². The molecule has 1 aromatic carbocycles. The first-order valence-corrected chi connectivity index (χ1v) is 10.5. The van der Waals surface area contributed by atoms with E-state index in [4.69, 9.17) is 16.3 Å². The van der Waals surface area contributed by atoms with Crippen molar-refractivity contribution >= 4 is 39.3 Å². The number of carbonyl (C=O) groups excluding carboxylic acids is 2. The van der Waals surface area contributed by atoms with E-state index in [1.165, 1.54) is 25.3 Å². The van der Waals surface area contributed by atoms with Crippen molar-refractivity contribution in [2.45, 2.75) is 19.6 Å². The van der Waals surface area contributed by atoms with Crippen molar-refractivity contribution in [2.24, 2.45) is 4.40 Å². The lowest BCUT2D eigenvalue weighted by atomic mass is 10.2. The first-order chi connectivity index (χ1) is 13.2. The number of sulfonamides is 1. The van der Waals surface area contributed by atoms with Gasteiger partial charge in [-0.1, -0.05) is 29.8 Å². The summed E-state index contributed by atoms with van der Waals surface area (Å²) in [4.78, 5) is 26.1. The third-order valence-corrected chi connectivity index (χ3v) is 5.66. The van der Waals surface area contributed by atoms with E-state index in [9.17, 15) is 18.0 Å². The molecule has 3 rings (SSSR count). The maximum absolute atomic E-state index is 12.3. The summed E-state index contributed by atoms with van der Waals surface area (Å²) in [6, 6.07) is 7.10. The maximum Gasteiger partial charge on any atom is 0.340 e. The van der Waals surface area contributed by atoms with Gasteiger partial charge in [0, 0.05) is 24.3 Å². The van der Waals surface area contributed by atoms with Crippen LogP contribution < -0.4 is 5.32 Å². The standard InChI is InChI=1S/C18H18ClN3O5S/c1-12(17(23)20-10-13-4-2-3-5-15(13)19)27-18(24)14-6-7-16-21-28(25,26)9-8-22(16)11-14/h2-7,11-12H,8-10H2,1H3,(H,20,23). The van der Waals surface area contributed by atoms with Gasteiger partial charge in [-0.3, -0.25) is 4.79 Å². The molecule has 0 bridgehead atoms. The molecular weight excluding hydrogens is 406 g/mol. The molecule has 0 aliphatic carbocycles. The number of nitrogens with one attached hydrogen (secondary N) is 1. The molecule has 2 aliphatic heterocycles. The zero-order valence-electron chi connectivity index (χ0n) is 15.0. The van der Waals surface area contributed by atoms with Crippen molar-refractivity contribution < 1.29 is 22.7 Å². The molecule has 0 radical (unpaired) electrons. The second kappa shape index (κ2) is 8.15. The van der Waals surface area contributed by atoms with Crippen LogP contribution in [0, 0.1) is 0 Å². The molecule has 0 saturated carbocycles. The summed E-state index contributed by atoms with van der Waals surface area (Å²) < 4.78 is 31.9. The Balaban J connectivity index is 1.57. The Hall–Kier alpha value is -2.65. The molecule has 1 unspecified atom stereocenters. The Morgan fingerprint density at radius 1 is 1.32 bits per heavy atom. The van der Waals surface area contributed by atoms with Gasteiger partial charge in [-0.25, -0.2) is 13.2 Å². The second-order valence-electron chi connectivity index (χ2n) is 6.20. The first-order valence-electron chi connectivity index (χ1n) is 8.46. The molecule has 1 atom stereocenters. The van der Waals surface area contributed by atoms with Crippen LogP contribution in [0.2, 0.25) is 5.02 Å². The summed E-state index contributed by atoms with van der Waals surface area (Å²) in [5.74, 6) is -1.04. The third-order valence-electron chi connectivity index (χ3n) is 4.12. The quantitative estimate of drug-likeness (QED) is 0.717. The molecule has 2 heterocycles. The van der Waals surface area contributed by atoms with Crippen molar-refractivity contribution in [3.8, 4) is 0 Å². The first kappa shape index (κ1) is 20.1. The minimum Gasteiger partial charge on any atom is -0.449 e. The van der Waals surface area contributed by atoms with Gasteiger partial charge in [0.2, 0.25) is 0 Å². The lowest BCUT2D eigenvalue weighted by molar-refractivity contribution is -0.151. The topological polar surface area (TPSA) is 105 Å². The summed E-state index contributed by atoms with van der Waals surface area (Å²) in [6.07, 6.45) is 3.29. The largest absolute Gasteiger partial charge is 0.449 e. The number of amidine groups is 1. The van der Waals surface area contributed by atoms with Gasteiger partial charge in [-0.05, 0) is 30.7 Å². The summed E-state index contributed by atoms with van der Waals surface area (Å²) in [6.45, 7) is 1.87. The van der Waals surface area contributed by atoms with Gasteiger partial charge < -0.3 is 15.0 Å². The van der Waals surface area contributed by atoms with Gasteiger partial charge >= 0.3 is 5.97 Å². The highest BCUT2D eigenvalue weighted by molar-refractivity contribution is 7.90. The molecular formula is C18H18ClN3O5S. The number of fused-ring (bicyclic) bond motifs is 1. The fourth-order valence-corrected chi connectivity index (χ4v) is 3.74. The predicted octanol–water partition coefficient (Wildman–Crippen LogP) is 1.39. The summed E-state index contributed by atoms with van der Waals surface area (Å²) in [5.41, 5.74) is 0.949. The number of amides is 1. The Morgan fingerprint density at radius 2 is 2.07 bits per heavy atom. The van der Waals surface area contributed by atoms with Crippen LogP contribution in [0.15, 0.2) is 52.6 Å². The molecule has 1 amide bonds. The van der Waals surface area contributed by atoms with Crippen LogP contribution in [0.25, 0.3) is 0 Å². The van der Waals surface area contributed by atoms with E-state index in [1.54, 1.807) is 23.1 Å². The number of hydrogen-bond donors (Lipinski definition) is 1. The molecule has 0 saturated heterocycles. The van der Waals surface area contributed by atoms with Crippen LogP contribution in [0.3, 0.4) is 0 Å². The van der Waals surface area contributed by atoms with E-state index in [1.807, 2.05) is 6.07 Å². The van der Waals surface area contributed by atoms with Gasteiger partial charge in [0.15, 0.2) is 6.10 Å². The van der Waals surface area contributed by atoms with Gasteiger partial charge in [0.1, 0.15) is 5.84 Å². The normalized spacial score (nSPS) is 18.4. The van der Waals surface area contributed by atoms with Crippen LogP contribution in [0.4, 0.5) is 0 Å². The number of rotatable bonds is 5. The van der Waals surface area contributed by atoms with Crippen molar-refractivity contribution in [3.63, 3.8) is 0 Å². The second-order valence-corrected chi connectivity index (χ2v) is 8.37. The number of nitrogens with zero attached hydrogens (tertiary/aromatic N) is 2. The van der Waals surface area contributed by atoms with Crippen molar-refractivity contribution in [1.29, 1.82) is 0 Å². The fourth-order valence-electron chi connectivity index (χ4n) is 2.57. The highest BCUT2D eigenvalue weighted by Gasteiger charge is 2.26. The Labute approximate surface area is 167 Å². The molecule has 0 aromatic heterocycles. The number of halogens is 1. The third kappa shape index (κ3) is 4.79. The number of carbonyl (C=O) groups is 2. The highest BCUT2D eigenvalue weighted by Crippen LogP contribution is 2.17. The molecule has 1 N–H and O–H groups in total. The minimum atomic E-state index is -3.47. The van der Waals surface area contributed by atoms with Gasteiger partial charge in [0.05, 0.1) is 11.3 Å². The molecule has 10 heteroatoms. The van der Waals surface area contributed by atoms with Crippen LogP contribution in [0.1, 0.15) is 12.5 Å². The maximum atomic E-state index is 12.3. The number of benzene rings is 1. The molecule has 0 fully saturated rings. The summed E-state index contributed by atoms with van der Waals surface area (Å²) in [5, 5.41) is 3.20. The average Bonchev–Trinajstić information content (AvgIpc) is 2.66. The van der Waals surface area contributed by atoms with Crippen molar-refractivity contribution in [3.05, 3.63) is 58.8 Å². The van der Waals surface area contributed by atoms with Crippen LogP contribution in [-0.4, -0.2) is 49.4 Å². The van der Waals surface area contributed by atoms with E-state index >= 15 is 0 Å². The molecule has 0 spiro atoms. The minimum absolute atomic E-state index is 0.135. The molecule has 1 aromatic rings. The summed E-state index contributed by atoms with van der Waals surface area (Å²) in [7, 11) is -3.47. The van der Waals surface area contributed by atoms with E-state index in [2.05, 4.69) is 9.71 Å². The fraction of sp³-hybridized carbons (Fsp3) is 0.278. The van der Waals surface area contributed by atoms with Crippen molar-refractivity contribution in [2.75, 3.05) is 12.3 Å². The van der Waals surface area contributed by atoms with Crippen LogP contribution in [0.5, 0.6) is 0 Å². The lowest BCUT2D eigenvalue weighted by Crippen LogP contribution is -2.38. The number of hydrogen-bond acceptors (Lipinski definition) is 6. The van der Waals surface area contributed by atoms with Gasteiger partial charge in [-0.15, -0.1) is 4.40 Å². The monoisotopic (exact) mass is 423 g/mol. The number of ether oxygens (including phenoxy) is 1. The zero-order chi connectivity index (χ0) is 20.3. The molecule has 8 nitrogen and oxygen atoms in total. The van der Waals surface area contributed by atoms with E-state index < -0.39 is 28.0 Å². The van der Waals surface area contributed by atoms with Gasteiger partial charge in [0.25, 0.3) is 15.9 Å². The smallest absolute Gasteiger partial charge is 0.340 e.